The van der Waals surface area contributed by atoms with Crippen molar-refractivity contribution in [1.82, 2.24) is 15.1 Å². The highest BCUT2D eigenvalue weighted by Crippen LogP contribution is 2.20. The van der Waals surface area contributed by atoms with Crippen LogP contribution in [0.4, 0.5) is 10.1 Å². The van der Waals surface area contributed by atoms with Gasteiger partial charge in [0.15, 0.2) is 5.69 Å². The van der Waals surface area contributed by atoms with Crippen LogP contribution in [0.3, 0.4) is 0 Å². The number of benzene rings is 1. The number of anilines is 1. The number of aromatic nitrogens is 2. The quantitative estimate of drug-likeness (QED) is 0.784. The smallest absolute Gasteiger partial charge is 0.273 e. The van der Waals surface area contributed by atoms with Crippen LogP contribution in [-0.4, -0.2) is 30.7 Å². The first-order chi connectivity index (χ1) is 11.7. The fourth-order valence-electron chi connectivity index (χ4n) is 2.02. The van der Waals surface area contributed by atoms with E-state index < -0.39 is 21.7 Å². The summed E-state index contributed by atoms with van der Waals surface area (Å²) < 4.78 is 41.7. The number of carbonyl (C=O) groups excluding carboxylic acids is 1. The Balaban J connectivity index is 2.30. The third-order valence-corrected chi connectivity index (χ3v) is 4.72. The van der Waals surface area contributed by atoms with E-state index in [1.54, 1.807) is 0 Å². The van der Waals surface area contributed by atoms with Crippen molar-refractivity contribution < 1.29 is 17.6 Å². The molecular weight excluding hydrogens is 347 g/mol. The Bertz CT molecular complexity index is 845. The van der Waals surface area contributed by atoms with Gasteiger partial charge in [0.05, 0.1) is 10.6 Å². The van der Waals surface area contributed by atoms with Crippen molar-refractivity contribution in [1.29, 1.82) is 0 Å². The van der Waals surface area contributed by atoms with Crippen LogP contribution in [0.1, 0.15) is 31.3 Å². The number of hydrogen-bond acceptors (Lipinski definition) is 4. The number of carbonyl (C=O) groups is 1. The van der Waals surface area contributed by atoms with Gasteiger partial charge in [-0.05, 0) is 37.1 Å². The van der Waals surface area contributed by atoms with Crippen LogP contribution < -0.4 is 10.0 Å². The molecule has 1 amide bonds. The van der Waals surface area contributed by atoms with Gasteiger partial charge in [0.2, 0.25) is 0 Å². The SMILES string of the molecule is CCn1cc(NS(=O)(=O)c2ccc(F)cc2)c(C(=O)NCC(C)C)n1. The van der Waals surface area contributed by atoms with Gasteiger partial charge in [-0.2, -0.15) is 5.10 Å². The maximum absolute atomic E-state index is 13.0. The van der Waals surface area contributed by atoms with Gasteiger partial charge in [-0.3, -0.25) is 14.2 Å². The molecule has 0 aliphatic carbocycles. The lowest BCUT2D eigenvalue weighted by molar-refractivity contribution is 0.0944. The fraction of sp³-hybridized carbons (Fsp3) is 0.375. The summed E-state index contributed by atoms with van der Waals surface area (Å²) in [6.45, 7) is 6.64. The van der Waals surface area contributed by atoms with Crippen LogP contribution in [-0.2, 0) is 16.6 Å². The zero-order chi connectivity index (χ0) is 18.6. The maximum atomic E-state index is 13.0. The molecule has 1 aromatic heterocycles. The minimum atomic E-state index is -3.96. The van der Waals surface area contributed by atoms with Crippen LogP contribution in [0.25, 0.3) is 0 Å². The molecule has 0 spiro atoms. The van der Waals surface area contributed by atoms with E-state index in [0.29, 0.717) is 13.1 Å². The third kappa shape index (κ3) is 4.79. The molecule has 136 valence electrons. The first kappa shape index (κ1) is 18.9. The van der Waals surface area contributed by atoms with Gasteiger partial charge in [-0.1, -0.05) is 13.8 Å². The van der Waals surface area contributed by atoms with E-state index in [2.05, 4.69) is 15.1 Å². The van der Waals surface area contributed by atoms with Gasteiger partial charge in [0.25, 0.3) is 15.9 Å². The van der Waals surface area contributed by atoms with Gasteiger partial charge in [0.1, 0.15) is 5.82 Å². The van der Waals surface area contributed by atoms with Crippen molar-refractivity contribution in [3.05, 3.63) is 42.0 Å². The molecule has 0 aliphatic heterocycles. The Hall–Kier alpha value is -2.42. The molecule has 1 aromatic carbocycles. The van der Waals surface area contributed by atoms with Crippen molar-refractivity contribution in [2.75, 3.05) is 11.3 Å². The molecular formula is C16H21FN4O3S. The fourth-order valence-corrected chi connectivity index (χ4v) is 3.07. The minimum Gasteiger partial charge on any atom is -0.350 e. The molecule has 9 heteroatoms. The van der Waals surface area contributed by atoms with Crippen LogP contribution in [0, 0.1) is 11.7 Å². The number of aryl methyl sites for hydroxylation is 1. The van der Waals surface area contributed by atoms with Crippen molar-refractivity contribution in [2.24, 2.45) is 5.92 Å². The number of halogens is 1. The highest BCUT2D eigenvalue weighted by atomic mass is 32.2. The summed E-state index contributed by atoms with van der Waals surface area (Å²) in [5.74, 6) is -0.749. The molecule has 0 saturated heterocycles. The van der Waals surface area contributed by atoms with Crippen LogP contribution in [0.15, 0.2) is 35.4 Å². The van der Waals surface area contributed by atoms with Gasteiger partial charge < -0.3 is 5.32 Å². The predicted octanol–water partition coefficient (Wildman–Crippen LogP) is 2.23. The zero-order valence-electron chi connectivity index (χ0n) is 14.3. The molecule has 7 nitrogen and oxygen atoms in total. The highest BCUT2D eigenvalue weighted by Gasteiger charge is 2.22. The molecule has 25 heavy (non-hydrogen) atoms. The van der Waals surface area contributed by atoms with E-state index >= 15 is 0 Å². The second kappa shape index (κ2) is 7.64. The first-order valence-electron chi connectivity index (χ1n) is 7.87. The molecule has 0 bridgehead atoms. The summed E-state index contributed by atoms with van der Waals surface area (Å²) in [5.41, 5.74) is 0.0700. The summed E-state index contributed by atoms with van der Waals surface area (Å²) in [7, 11) is -3.96. The molecule has 0 radical (unpaired) electrons. The van der Waals surface area contributed by atoms with E-state index in [-0.39, 0.29) is 22.2 Å². The van der Waals surface area contributed by atoms with E-state index in [9.17, 15) is 17.6 Å². The second-order valence-electron chi connectivity index (χ2n) is 5.91. The number of rotatable bonds is 7. The molecule has 0 fully saturated rings. The Kier molecular flexibility index (Phi) is 5.78. The standard InChI is InChI=1S/C16H21FN4O3S/c1-4-21-10-14(15(19-21)16(22)18-9-11(2)3)20-25(23,24)13-7-5-12(17)6-8-13/h5-8,10-11,20H,4,9H2,1-3H3,(H,18,22). The number of nitrogens with one attached hydrogen (secondary N) is 2. The average molecular weight is 368 g/mol. The van der Waals surface area contributed by atoms with Crippen molar-refractivity contribution in [3.63, 3.8) is 0 Å². The normalized spacial score (nSPS) is 11.6. The predicted molar refractivity (Wildman–Crippen MR) is 92.3 cm³/mol. The van der Waals surface area contributed by atoms with E-state index in [1.165, 1.54) is 10.9 Å². The number of nitrogens with zero attached hydrogens (tertiary/aromatic N) is 2. The minimum absolute atomic E-state index is 0.00631. The second-order valence-corrected chi connectivity index (χ2v) is 7.59. The van der Waals surface area contributed by atoms with Gasteiger partial charge in [-0.15, -0.1) is 0 Å². The first-order valence-corrected chi connectivity index (χ1v) is 9.35. The lowest BCUT2D eigenvalue weighted by Crippen LogP contribution is -2.28. The molecule has 0 atom stereocenters. The van der Waals surface area contributed by atoms with Crippen LogP contribution in [0.2, 0.25) is 0 Å². The zero-order valence-corrected chi connectivity index (χ0v) is 15.1. The third-order valence-electron chi connectivity index (χ3n) is 3.34. The van der Waals surface area contributed by atoms with Crippen LogP contribution >= 0.6 is 0 Å². The topological polar surface area (TPSA) is 93.1 Å². The van der Waals surface area contributed by atoms with Gasteiger partial charge in [0, 0.05) is 19.3 Å². The summed E-state index contributed by atoms with van der Waals surface area (Å²) in [6, 6.07) is 4.42. The monoisotopic (exact) mass is 368 g/mol. The molecule has 1 heterocycles. The molecule has 2 aromatic rings. The molecule has 0 aliphatic rings. The molecule has 0 unspecified atom stereocenters. The summed E-state index contributed by atoms with van der Waals surface area (Å²) >= 11 is 0. The Morgan fingerprint density at radius 1 is 1.28 bits per heavy atom. The average Bonchev–Trinajstić information content (AvgIpc) is 2.95. The highest BCUT2D eigenvalue weighted by molar-refractivity contribution is 7.92. The van der Waals surface area contributed by atoms with Gasteiger partial charge >= 0.3 is 0 Å². The summed E-state index contributed by atoms with van der Waals surface area (Å²) in [5, 5.41) is 6.83. The summed E-state index contributed by atoms with van der Waals surface area (Å²) in [4.78, 5) is 12.2. The summed E-state index contributed by atoms with van der Waals surface area (Å²) in [6.07, 6.45) is 1.45. The van der Waals surface area contributed by atoms with Crippen molar-refractivity contribution in [2.45, 2.75) is 32.2 Å². The molecule has 0 saturated carbocycles. The largest absolute Gasteiger partial charge is 0.350 e. The number of sulfonamides is 1. The lowest BCUT2D eigenvalue weighted by Gasteiger charge is -2.09. The molecule has 2 rings (SSSR count). The number of amides is 1. The van der Waals surface area contributed by atoms with E-state index in [0.717, 1.165) is 24.3 Å². The molecule has 2 N–H and O–H groups in total. The van der Waals surface area contributed by atoms with Crippen molar-refractivity contribution in [3.8, 4) is 0 Å². The number of hydrogen-bond donors (Lipinski definition) is 2. The Morgan fingerprint density at radius 3 is 2.48 bits per heavy atom. The van der Waals surface area contributed by atoms with Gasteiger partial charge in [-0.25, -0.2) is 12.8 Å². The Morgan fingerprint density at radius 2 is 1.92 bits per heavy atom. The van der Waals surface area contributed by atoms with Crippen molar-refractivity contribution >= 4 is 21.6 Å². The van der Waals surface area contributed by atoms with Crippen LogP contribution in [0.5, 0.6) is 0 Å². The van der Waals surface area contributed by atoms with E-state index in [1.807, 2.05) is 20.8 Å². The Labute approximate surface area is 146 Å². The van der Waals surface area contributed by atoms with E-state index in [4.69, 9.17) is 0 Å². The lowest BCUT2D eigenvalue weighted by atomic mass is 10.2. The maximum Gasteiger partial charge on any atom is 0.273 e.